The van der Waals surface area contributed by atoms with E-state index in [-0.39, 0.29) is 0 Å². The van der Waals surface area contributed by atoms with Gasteiger partial charge in [-0.05, 0) is 43.0 Å². The molecule has 1 unspecified atom stereocenters. The van der Waals surface area contributed by atoms with Crippen LogP contribution < -0.4 is 0 Å². The standard InChI is InChI=1S/C20H23N3/c1-15-7-6-12-23(13-15)14-16-8-2-3-9-17(16)20-21-18-10-4-5-11-19(18)22-20/h2-5,8-11,15H,6-7,12-14H2,1H3,(H,21,22). The number of benzene rings is 2. The Balaban J connectivity index is 1.66. The highest BCUT2D eigenvalue weighted by Gasteiger charge is 2.18. The predicted molar refractivity (Wildman–Crippen MR) is 95.2 cm³/mol. The maximum Gasteiger partial charge on any atom is 0.138 e. The number of imidazole rings is 1. The second-order valence-corrected chi connectivity index (χ2v) is 6.74. The van der Waals surface area contributed by atoms with Crippen LogP contribution in [0.3, 0.4) is 0 Å². The van der Waals surface area contributed by atoms with E-state index >= 15 is 0 Å². The summed E-state index contributed by atoms with van der Waals surface area (Å²) in [5.74, 6) is 1.79. The summed E-state index contributed by atoms with van der Waals surface area (Å²) in [6, 6.07) is 16.9. The SMILES string of the molecule is CC1CCCN(Cc2ccccc2-c2nc3ccccc3[nH]2)C1. The van der Waals surface area contributed by atoms with Gasteiger partial charge < -0.3 is 4.98 Å². The quantitative estimate of drug-likeness (QED) is 0.774. The van der Waals surface area contributed by atoms with Gasteiger partial charge in [-0.3, -0.25) is 4.90 Å². The third-order valence-electron chi connectivity index (χ3n) is 4.80. The van der Waals surface area contributed by atoms with Crippen molar-refractivity contribution in [3.63, 3.8) is 0 Å². The van der Waals surface area contributed by atoms with Gasteiger partial charge in [0.2, 0.25) is 0 Å². The summed E-state index contributed by atoms with van der Waals surface area (Å²) in [4.78, 5) is 10.8. The minimum absolute atomic E-state index is 0.808. The number of likely N-dealkylation sites (tertiary alicyclic amines) is 1. The monoisotopic (exact) mass is 305 g/mol. The van der Waals surface area contributed by atoms with Crippen molar-refractivity contribution in [2.75, 3.05) is 13.1 Å². The number of nitrogens with zero attached hydrogens (tertiary/aromatic N) is 2. The summed E-state index contributed by atoms with van der Waals surface area (Å²) in [7, 11) is 0. The topological polar surface area (TPSA) is 31.9 Å². The van der Waals surface area contributed by atoms with Crippen LogP contribution in [-0.4, -0.2) is 28.0 Å². The van der Waals surface area contributed by atoms with Gasteiger partial charge in [-0.25, -0.2) is 4.98 Å². The lowest BCUT2D eigenvalue weighted by atomic mass is 9.99. The molecule has 1 aliphatic rings. The normalized spacial score (nSPS) is 19.3. The van der Waals surface area contributed by atoms with Crippen LogP contribution in [0.15, 0.2) is 48.5 Å². The molecule has 0 bridgehead atoms. The Kier molecular flexibility index (Phi) is 3.88. The van der Waals surface area contributed by atoms with Crippen LogP contribution in [0.4, 0.5) is 0 Å². The Morgan fingerprint density at radius 2 is 1.96 bits per heavy atom. The molecule has 3 nitrogen and oxygen atoms in total. The van der Waals surface area contributed by atoms with Gasteiger partial charge in [-0.15, -0.1) is 0 Å². The van der Waals surface area contributed by atoms with Gasteiger partial charge in [-0.2, -0.15) is 0 Å². The fourth-order valence-electron chi connectivity index (χ4n) is 3.64. The molecule has 3 heteroatoms. The van der Waals surface area contributed by atoms with Crippen molar-refractivity contribution in [2.45, 2.75) is 26.3 Å². The zero-order chi connectivity index (χ0) is 15.6. The molecule has 3 aromatic rings. The lowest BCUT2D eigenvalue weighted by Crippen LogP contribution is -2.33. The number of rotatable bonds is 3. The van der Waals surface area contributed by atoms with E-state index in [1.807, 2.05) is 12.1 Å². The van der Waals surface area contributed by atoms with Gasteiger partial charge >= 0.3 is 0 Å². The summed E-state index contributed by atoms with van der Waals surface area (Å²) in [5, 5.41) is 0. The van der Waals surface area contributed by atoms with Gasteiger partial charge in [0.25, 0.3) is 0 Å². The van der Waals surface area contributed by atoms with Crippen LogP contribution in [-0.2, 0) is 6.54 Å². The molecule has 0 saturated carbocycles. The van der Waals surface area contributed by atoms with E-state index in [2.05, 4.69) is 53.2 Å². The Labute approximate surface area is 137 Å². The first-order chi connectivity index (χ1) is 11.3. The summed E-state index contributed by atoms with van der Waals surface area (Å²) >= 11 is 0. The van der Waals surface area contributed by atoms with Crippen LogP contribution in [0.1, 0.15) is 25.3 Å². The second-order valence-electron chi connectivity index (χ2n) is 6.74. The molecule has 2 heterocycles. The first-order valence-corrected chi connectivity index (χ1v) is 8.55. The van der Waals surface area contributed by atoms with Crippen LogP contribution in [0.5, 0.6) is 0 Å². The Morgan fingerprint density at radius 1 is 1.13 bits per heavy atom. The number of H-pyrrole nitrogens is 1. The van der Waals surface area contributed by atoms with Crippen molar-refractivity contribution in [3.8, 4) is 11.4 Å². The van der Waals surface area contributed by atoms with E-state index in [0.29, 0.717) is 0 Å². The van der Waals surface area contributed by atoms with E-state index in [9.17, 15) is 0 Å². The Bertz CT molecular complexity index is 772. The smallest absolute Gasteiger partial charge is 0.138 e. The number of para-hydroxylation sites is 2. The summed E-state index contributed by atoms with van der Waals surface area (Å²) in [6.45, 7) is 5.78. The van der Waals surface area contributed by atoms with E-state index in [1.54, 1.807) is 0 Å². The van der Waals surface area contributed by atoms with Crippen molar-refractivity contribution in [1.29, 1.82) is 0 Å². The molecule has 1 saturated heterocycles. The minimum Gasteiger partial charge on any atom is -0.338 e. The van der Waals surface area contributed by atoms with Crippen LogP contribution in [0, 0.1) is 5.92 Å². The van der Waals surface area contributed by atoms with Crippen molar-refractivity contribution < 1.29 is 0 Å². The molecule has 1 fully saturated rings. The highest BCUT2D eigenvalue weighted by atomic mass is 15.1. The van der Waals surface area contributed by atoms with Crippen LogP contribution in [0.2, 0.25) is 0 Å². The maximum absolute atomic E-state index is 4.78. The van der Waals surface area contributed by atoms with Crippen molar-refractivity contribution in [3.05, 3.63) is 54.1 Å². The zero-order valence-corrected chi connectivity index (χ0v) is 13.6. The summed E-state index contributed by atoms with van der Waals surface area (Å²) in [5.41, 5.74) is 4.72. The molecule has 1 aliphatic heterocycles. The molecule has 1 N–H and O–H groups in total. The van der Waals surface area contributed by atoms with Crippen LogP contribution in [0.25, 0.3) is 22.4 Å². The largest absolute Gasteiger partial charge is 0.338 e. The number of hydrogen-bond donors (Lipinski definition) is 1. The molecule has 1 atom stereocenters. The van der Waals surface area contributed by atoms with E-state index < -0.39 is 0 Å². The van der Waals surface area contributed by atoms with Gasteiger partial charge in [-0.1, -0.05) is 43.3 Å². The van der Waals surface area contributed by atoms with E-state index in [1.165, 1.54) is 37.1 Å². The molecule has 1 aromatic heterocycles. The van der Waals surface area contributed by atoms with Crippen molar-refractivity contribution in [1.82, 2.24) is 14.9 Å². The van der Waals surface area contributed by atoms with Crippen molar-refractivity contribution >= 4 is 11.0 Å². The first-order valence-electron chi connectivity index (χ1n) is 8.55. The van der Waals surface area contributed by atoms with Gasteiger partial charge in [0, 0.05) is 18.7 Å². The number of nitrogens with one attached hydrogen (secondary N) is 1. The number of aromatic amines is 1. The van der Waals surface area contributed by atoms with Gasteiger partial charge in [0.1, 0.15) is 5.82 Å². The highest BCUT2D eigenvalue weighted by molar-refractivity contribution is 5.79. The molecular formula is C20H23N3. The van der Waals surface area contributed by atoms with E-state index in [4.69, 9.17) is 4.98 Å². The third kappa shape index (κ3) is 3.02. The van der Waals surface area contributed by atoms with Gasteiger partial charge in [0.05, 0.1) is 11.0 Å². The van der Waals surface area contributed by atoms with Gasteiger partial charge in [0.15, 0.2) is 0 Å². The highest BCUT2D eigenvalue weighted by Crippen LogP contribution is 2.26. The first kappa shape index (κ1) is 14.5. The van der Waals surface area contributed by atoms with Crippen LogP contribution >= 0.6 is 0 Å². The molecule has 0 radical (unpaired) electrons. The fourth-order valence-corrected chi connectivity index (χ4v) is 3.64. The zero-order valence-electron chi connectivity index (χ0n) is 13.6. The number of fused-ring (bicyclic) bond motifs is 1. The van der Waals surface area contributed by atoms with E-state index in [0.717, 1.165) is 29.3 Å². The summed E-state index contributed by atoms with van der Waals surface area (Å²) < 4.78 is 0. The Hall–Kier alpha value is -2.13. The molecule has 4 rings (SSSR count). The average molecular weight is 305 g/mol. The number of hydrogen-bond acceptors (Lipinski definition) is 2. The number of aromatic nitrogens is 2. The Morgan fingerprint density at radius 3 is 2.83 bits per heavy atom. The molecule has 23 heavy (non-hydrogen) atoms. The average Bonchev–Trinajstić information content (AvgIpc) is 2.99. The fraction of sp³-hybridized carbons (Fsp3) is 0.350. The minimum atomic E-state index is 0.808. The van der Waals surface area contributed by atoms with Crippen molar-refractivity contribution in [2.24, 2.45) is 5.92 Å². The molecular weight excluding hydrogens is 282 g/mol. The molecule has 2 aromatic carbocycles. The molecule has 0 amide bonds. The second kappa shape index (κ2) is 6.17. The molecule has 0 aliphatic carbocycles. The molecule has 0 spiro atoms. The third-order valence-corrected chi connectivity index (χ3v) is 4.80. The summed E-state index contributed by atoms with van der Waals surface area (Å²) in [6.07, 6.45) is 2.68. The lowest BCUT2D eigenvalue weighted by molar-refractivity contribution is 0.177. The predicted octanol–water partition coefficient (Wildman–Crippen LogP) is 4.46. The molecule has 118 valence electrons. The maximum atomic E-state index is 4.78. The number of piperidine rings is 1. The lowest BCUT2D eigenvalue weighted by Gasteiger charge is -2.31.